The van der Waals surface area contributed by atoms with Gasteiger partial charge in [0.2, 0.25) is 5.91 Å². The molecule has 19 heavy (non-hydrogen) atoms. The van der Waals surface area contributed by atoms with E-state index in [1.165, 1.54) is 38.5 Å². The summed E-state index contributed by atoms with van der Waals surface area (Å²) in [6.07, 6.45) is 9.72. The topological polar surface area (TPSA) is 20.3 Å². The fourth-order valence-electron chi connectivity index (χ4n) is 2.17. The van der Waals surface area contributed by atoms with Gasteiger partial charge >= 0.3 is 0 Å². The van der Waals surface area contributed by atoms with E-state index in [2.05, 4.69) is 13.8 Å². The number of halogens is 1. The Morgan fingerprint density at radius 3 is 1.79 bits per heavy atom. The summed E-state index contributed by atoms with van der Waals surface area (Å²) in [6, 6.07) is 0. The minimum atomic E-state index is -0.0426. The molecule has 0 aromatic heterocycles. The van der Waals surface area contributed by atoms with E-state index in [1.807, 2.05) is 11.8 Å². The Bertz CT molecular complexity index is 209. The third-order valence-electron chi connectivity index (χ3n) is 3.53. The Labute approximate surface area is 124 Å². The number of hydrogen-bond acceptors (Lipinski definition) is 1. The van der Waals surface area contributed by atoms with Crippen LogP contribution < -0.4 is 0 Å². The van der Waals surface area contributed by atoms with Crippen molar-refractivity contribution in [1.82, 2.24) is 4.90 Å². The van der Waals surface area contributed by atoms with Crippen molar-refractivity contribution in [2.24, 2.45) is 5.92 Å². The van der Waals surface area contributed by atoms with Crippen LogP contribution in [0.4, 0.5) is 0 Å². The highest BCUT2D eigenvalue weighted by atomic mass is 35.5. The Morgan fingerprint density at radius 1 is 0.947 bits per heavy atom. The van der Waals surface area contributed by atoms with Crippen LogP contribution in [0.5, 0.6) is 0 Å². The van der Waals surface area contributed by atoms with E-state index in [9.17, 15) is 4.79 Å². The van der Waals surface area contributed by atoms with Crippen molar-refractivity contribution in [2.45, 2.75) is 72.1 Å². The lowest BCUT2D eigenvalue weighted by atomic mass is 10.1. The van der Waals surface area contributed by atoms with Gasteiger partial charge in [-0.2, -0.15) is 0 Å². The Hall–Kier alpha value is -0.240. The average molecular weight is 290 g/mol. The van der Waals surface area contributed by atoms with Crippen LogP contribution >= 0.6 is 11.6 Å². The highest BCUT2D eigenvalue weighted by Gasteiger charge is 2.18. The fourth-order valence-corrected chi connectivity index (χ4v) is 2.30. The summed E-state index contributed by atoms with van der Waals surface area (Å²) in [4.78, 5) is 14.3. The van der Waals surface area contributed by atoms with Crippen LogP contribution in [0.25, 0.3) is 0 Å². The van der Waals surface area contributed by atoms with E-state index < -0.39 is 0 Å². The maximum Gasteiger partial charge on any atom is 0.226 e. The molecule has 0 aliphatic rings. The number of unbranched alkanes of at least 4 members (excludes halogenated alkanes) is 6. The van der Waals surface area contributed by atoms with Gasteiger partial charge < -0.3 is 4.90 Å². The predicted octanol–water partition coefficient (Wildman–Crippen LogP) is 4.85. The molecule has 0 aliphatic heterocycles. The number of amides is 1. The maximum atomic E-state index is 12.2. The molecule has 0 aromatic carbocycles. The van der Waals surface area contributed by atoms with E-state index in [0.29, 0.717) is 5.88 Å². The lowest BCUT2D eigenvalue weighted by Gasteiger charge is -2.25. The molecule has 0 N–H and O–H groups in total. The zero-order valence-electron chi connectivity index (χ0n) is 13.1. The van der Waals surface area contributed by atoms with Crippen LogP contribution in [-0.2, 0) is 4.79 Å². The van der Waals surface area contributed by atoms with Gasteiger partial charge in [-0.15, -0.1) is 11.6 Å². The van der Waals surface area contributed by atoms with E-state index in [1.54, 1.807) is 0 Å². The first-order valence-electron chi connectivity index (χ1n) is 8.02. The number of nitrogens with zero attached hydrogens (tertiary/aromatic N) is 1. The van der Waals surface area contributed by atoms with Crippen LogP contribution in [0.1, 0.15) is 72.1 Å². The van der Waals surface area contributed by atoms with Crippen molar-refractivity contribution in [3.8, 4) is 0 Å². The monoisotopic (exact) mass is 289 g/mol. The summed E-state index contributed by atoms with van der Waals surface area (Å²) in [6.45, 7) is 8.17. The normalized spacial score (nSPS) is 12.4. The van der Waals surface area contributed by atoms with Crippen LogP contribution in [0.2, 0.25) is 0 Å². The van der Waals surface area contributed by atoms with E-state index in [0.717, 1.165) is 25.9 Å². The molecule has 2 nitrogen and oxygen atoms in total. The molecule has 0 aromatic rings. The molecular weight excluding hydrogens is 258 g/mol. The molecule has 0 fully saturated rings. The van der Waals surface area contributed by atoms with Gasteiger partial charge in [0.1, 0.15) is 0 Å². The SMILES string of the molecule is CCCCCCN(CCCCCC)C(=O)C(C)CCl. The Balaban J connectivity index is 4.09. The predicted molar refractivity (Wildman–Crippen MR) is 84.7 cm³/mol. The molecule has 1 unspecified atom stereocenters. The third kappa shape index (κ3) is 9.32. The third-order valence-corrected chi connectivity index (χ3v) is 3.99. The molecule has 0 aliphatic carbocycles. The summed E-state index contributed by atoms with van der Waals surface area (Å²) >= 11 is 5.81. The van der Waals surface area contributed by atoms with Gasteiger partial charge in [-0.3, -0.25) is 4.79 Å². The molecule has 1 amide bonds. The number of rotatable bonds is 12. The Kier molecular flexibility index (Phi) is 12.6. The van der Waals surface area contributed by atoms with Gasteiger partial charge in [0, 0.05) is 24.9 Å². The van der Waals surface area contributed by atoms with Crippen LogP contribution in [0.15, 0.2) is 0 Å². The van der Waals surface area contributed by atoms with Crippen molar-refractivity contribution in [3.63, 3.8) is 0 Å². The van der Waals surface area contributed by atoms with Crippen LogP contribution in [0, 0.1) is 5.92 Å². The number of hydrogen-bond donors (Lipinski definition) is 0. The standard InChI is InChI=1S/C16H32ClNO/c1-4-6-8-10-12-18(13-11-9-7-5-2)16(19)15(3)14-17/h15H,4-14H2,1-3H3. The Morgan fingerprint density at radius 2 is 1.42 bits per heavy atom. The second-order valence-electron chi connectivity index (χ2n) is 5.50. The first-order valence-corrected chi connectivity index (χ1v) is 8.55. The zero-order valence-corrected chi connectivity index (χ0v) is 13.8. The highest BCUT2D eigenvalue weighted by Crippen LogP contribution is 2.10. The first-order chi connectivity index (χ1) is 9.17. The smallest absolute Gasteiger partial charge is 0.226 e. The van der Waals surface area contributed by atoms with Crippen molar-refractivity contribution < 1.29 is 4.79 Å². The average Bonchev–Trinajstić information content (AvgIpc) is 2.44. The molecule has 1 atom stereocenters. The minimum absolute atomic E-state index is 0.0426. The molecule has 3 heteroatoms. The lowest BCUT2D eigenvalue weighted by molar-refractivity contribution is -0.134. The van der Waals surface area contributed by atoms with Gasteiger partial charge in [-0.1, -0.05) is 59.3 Å². The number of alkyl halides is 1. The molecule has 0 heterocycles. The first kappa shape index (κ1) is 18.8. The van der Waals surface area contributed by atoms with Crippen molar-refractivity contribution >= 4 is 17.5 Å². The largest absolute Gasteiger partial charge is 0.342 e. The minimum Gasteiger partial charge on any atom is -0.342 e. The van der Waals surface area contributed by atoms with Gasteiger partial charge in [0.25, 0.3) is 0 Å². The molecule has 0 radical (unpaired) electrons. The zero-order chi connectivity index (χ0) is 14.5. The molecule has 0 rings (SSSR count). The lowest BCUT2D eigenvalue weighted by Crippen LogP contribution is -2.37. The van der Waals surface area contributed by atoms with E-state index in [4.69, 9.17) is 11.6 Å². The van der Waals surface area contributed by atoms with E-state index >= 15 is 0 Å². The summed E-state index contributed by atoms with van der Waals surface area (Å²) < 4.78 is 0. The van der Waals surface area contributed by atoms with Crippen molar-refractivity contribution in [1.29, 1.82) is 0 Å². The highest BCUT2D eigenvalue weighted by molar-refractivity contribution is 6.19. The van der Waals surface area contributed by atoms with Gasteiger partial charge in [-0.25, -0.2) is 0 Å². The summed E-state index contributed by atoms with van der Waals surface area (Å²) in [5.74, 6) is 0.626. The van der Waals surface area contributed by atoms with Crippen molar-refractivity contribution in [3.05, 3.63) is 0 Å². The fraction of sp³-hybridized carbons (Fsp3) is 0.938. The molecule has 0 bridgehead atoms. The van der Waals surface area contributed by atoms with E-state index in [-0.39, 0.29) is 11.8 Å². The quantitative estimate of drug-likeness (QED) is 0.371. The molecular formula is C16H32ClNO. The summed E-state index contributed by atoms with van der Waals surface area (Å²) in [5, 5.41) is 0. The van der Waals surface area contributed by atoms with Crippen molar-refractivity contribution in [2.75, 3.05) is 19.0 Å². The summed E-state index contributed by atoms with van der Waals surface area (Å²) in [5.41, 5.74) is 0. The second kappa shape index (κ2) is 12.8. The molecule has 114 valence electrons. The van der Waals surface area contributed by atoms with Crippen LogP contribution in [0.3, 0.4) is 0 Å². The van der Waals surface area contributed by atoms with Gasteiger partial charge in [-0.05, 0) is 12.8 Å². The molecule has 0 saturated carbocycles. The molecule has 0 spiro atoms. The molecule has 0 saturated heterocycles. The van der Waals surface area contributed by atoms with Gasteiger partial charge in [0.05, 0.1) is 0 Å². The number of carbonyl (C=O) groups excluding carboxylic acids is 1. The van der Waals surface area contributed by atoms with Gasteiger partial charge in [0.15, 0.2) is 0 Å². The summed E-state index contributed by atoms with van der Waals surface area (Å²) in [7, 11) is 0. The number of carbonyl (C=O) groups is 1. The van der Waals surface area contributed by atoms with Crippen LogP contribution in [-0.4, -0.2) is 29.8 Å². The maximum absolute atomic E-state index is 12.2. The second-order valence-corrected chi connectivity index (χ2v) is 5.81.